The molecule has 2 rings (SSSR count). The summed E-state index contributed by atoms with van der Waals surface area (Å²) in [6, 6.07) is 9.45. The Morgan fingerprint density at radius 1 is 1.35 bits per heavy atom. The van der Waals surface area contributed by atoms with Crippen molar-refractivity contribution >= 4 is 5.78 Å². The zero-order valence-corrected chi connectivity index (χ0v) is 9.67. The van der Waals surface area contributed by atoms with E-state index >= 15 is 0 Å². The molecule has 88 valence electrons. The number of para-hydroxylation sites is 1. The summed E-state index contributed by atoms with van der Waals surface area (Å²) in [5, 5.41) is 0. The van der Waals surface area contributed by atoms with E-state index in [2.05, 4.69) is 4.98 Å². The van der Waals surface area contributed by atoms with E-state index in [0.29, 0.717) is 18.9 Å². The first-order chi connectivity index (χ1) is 8.27. The first-order valence-corrected chi connectivity index (χ1v) is 5.46. The van der Waals surface area contributed by atoms with Crippen LogP contribution in [0.3, 0.4) is 0 Å². The summed E-state index contributed by atoms with van der Waals surface area (Å²) < 4.78 is 7.17. The Morgan fingerprint density at radius 2 is 2.12 bits per heavy atom. The number of carbonyl (C=O) groups excluding carboxylic acids is 1. The lowest BCUT2D eigenvalue weighted by Crippen LogP contribution is -2.11. The van der Waals surface area contributed by atoms with Crippen LogP contribution in [-0.4, -0.2) is 21.9 Å². The zero-order chi connectivity index (χ0) is 12.1. The molecule has 1 aromatic heterocycles. The highest BCUT2D eigenvalue weighted by atomic mass is 16.5. The molecule has 2 aromatic rings. The quantitative estimate of drug-likeness (QED) is 0.738. The van der Waals surface area contributed by atoms with Gasteiger partial charge < -0.3 is 9.30 Å². The van der Waals surface area contributed by atoms with Gasteiger partial charge in [0, 0.05) is 25.9 Å². The molecule has 0 amide bonds. The second kappa shape index (κ2) is 5.30. The number of ketones is 1. The Kier molecular flexibility index (Phi) is 3.55. The maximum absolute atomic E-state index is 11.8. The summed E-state index contributed by atoms with van der Waals surface area (Å²) in [4.78, 5) is 15.8. The summed E-state index contributed by atoms with van der Waals surface area (Å²) >= 11 is 0. The van der Waals surface area contributed by atoms with Crippen molar-refractivity contribution in [2.24, 2.45) is 7.05 Å². The van der Waals surface area contributed by atoms with E-state index < -0.39 is 0 Å². The van der Waals surface area contributed by atoms with Gasteiger partial charge in [0.05, 0.1) is 6.61 Å². The van der Waals surface area contributed by atoms with Crippen molar-refractivity contribution in [3.8, 4) is 5.75 Å². The number of aromatic nitrogens is 2. The summed E-state index contributed by atoms with van der Waals surface area (Å²) in [5.74, 6) is 1.25. The number of benzene rings is 1. The minimum atomic E-state index is -0.00608. The molecule has 0 unspecified atom stereocenters. The fourth-order valence-corrected chi connectivity index (χ4v) is 1.52. The fraction of sp³-hybridized carbons (Fsp3) is 0.231. The predicted molar refractivity (Wildman–Crippen MR) is 64.1 cm³/mol. The van der Waals surface area contributed by atoms with Crippen LogP contribution in [0.15, 0.2) is 42.7 Å². The second-order valence-electron chi connectivity index (χ2n) is 3.70. The first-order valence-electron chi connectivity index (χ1n) is 5.46. The lowest BCUT2D eigenvalue weighted by Gasteiger charge is -2.05. The first kappa shape index (κ1) is 11.4. The van der Waals surface area contributed by atoms with Crippen molar-refractivity contribution in [1.29, 1.82) is 0 Å². The smallest absolute Gasteiger partial charge is 0.201 e. The molecule has 0 saturated heterocycles. The second-order valence-corrected chi connectivity index (χ2v) is 3.70. The van der Waals surface area contributed by atoms with Crippen LogP contribution in [0.1, 0.15) is 17.0 Å². The van der Waals surface area contributed by atoms with Crippen LogP contribution >= 0.6 is 0 Å². The molecule has 0 bridgehead atoms. The van der Waals surface area contributed by atoms with Crippen molar-refractivity contribution in [3.63, 3.8) is 0 Å². The normalized spacial score (nSPS) is 10.2. The maximum atomic E-state index is 11.8. The monoisotopic (exact) mass is 230 g/mol. The van der Waals surface area contributed by atoms with Gasteiger partial charge in [-0.25, -0.2) is 4.98 Å². The van der Waals surface area contributed by atoms with Gasteiger partial charge in [0.1, 0.15) is 5.75 Å². The SMILES string of the molecule is Cn1ccnc1C(=O)CCOc1ccccc1. The number of imidazole rings is 1. The van der Waals surface area contributed by atoms with E-state index in [4.69, 9.17) is 4.74 Å². The van der Waals surface area contributed by atoms with Gasteiger partial charge >= 0.3 is 0 Å². The van der Waals surface area contributed by atoms with Crippen molar-refractivity contribution in [3.05, 3.63) is 48.5 Å². The van der Waals surface area contributed by atoms with Gasteiger partial charge in [-0.2, -0.15) is 0 Å². The predicted octanol–water partition coefficient (Wildman–Crippen LogP) is 2.07. The Morgan fingerprint density at radius 3 is 2.76 bits per heavy atom. The van der Waals surface area contributed by atoms with Crippen molar-refractivity contribution < 1.29 is 9.53 Å². The molecule has 0 fully saturated rings. The lowest BCUT2D eigenvalue weighted by molar-refractivity contribution is 0.0949. The number of rotatable bonds is 5. The van der Waals surface area contributed by atoms with E-state index in [-0.39, 0.29) is 5.78 Å². The molecule has 0 spiro atoms. The van der Waals surface area contributed by atoms with Gasteiger partial charge in [-0.15, -0.1) is 0 Å². The van der Waals surface area contributed by atoms with Gasteiger partial charge in [-0.3, -0.25) is 4.79 Å². The number of hydrogen-bond donors (Lipinski definition) is 0. The molecule has 4 nitrogen and oxygen atoms in total. The molecule has 0 aliphatic heterocycles. The van der Waals surface area contributed by atoms with E-state index in [9.17, 15) is 4.79 Å². The van der Waals surface area contributed by atoms with Crippen molar-refractivity contribution in [2.75, 3.05) is 6.61 Å². The van der Waals surface area contributed by atoms with Gasteiger partial charge in [-0.1, -0.05) is 18.2 Å². The minimum absolute atomic E-state index is 0.00608. The third kappa shape index (κ3) is 2.93. The van der Waals surface area contributed by atoms with E-state index in [1.54, 1.807) is 24.0 Å². The number of hydrogen-bond acceptors (Lipinski definition) is 3. The van der Waals surface area contributed by atoms with Gasteiger partial charge in [-0.05, 0) is 12.1 Å². The van der Waals surface area contributed by atoms with Crippen LogP contribution in [0.2, 0.25) is 0 Å². The number of carbonyl (C=O) groups is 1. The molecule has 0 saturated carbocycles. The molecule has 0 atom stereocenters. The summed E-state index contributed by atoms with van der Waals surface area (Å²) in [6.07, 6.45) is 3.70. The Balaban J connectivity index is 1.84. The number of ether oxygens (including phenoxy) is 1. The van der Waals surface area contributed by atoms with E-state index in [1.807, 2.05) is 30.3 Å². The van der Waals surface area contributed by atoms with Crippen LogP contribution in [0, 0.1) is 0 Å². The number of Topliss-reactive ketones (excluding diaryl/α,β-unsaturated/α-hetero) is 1. The Hall–Kier alpha value is -2.10. The van der Waals surface area contributed by atoms with E-state index in [1.165, 1.54) is 0 Å². The molecule has 1 aromatic carbocycles. The molecular weight excluding hydrogens is 216 g/mol. The molecular formula is C13H14N2O2. The molecule has 0 aliphatic rings. The Bertz CT molecular complexity index is 491. The summed E-state index contributed by atoms with van der Waals surface area (Å²) in [7, 11) is 1.80. The van der Waals surface area contributed by atoms with Crippen LogP contribution in [0.4, 0.5) is 0 Å². The zero-order valence-electron chi connectivity index (χ0n) is 9.67. The highest BCUT2D eigenvalue weighted by Gasteiger charge is 2.10. The van der Waals surface area contributed by atoms with Gasteiger partial charge in [0.25, 0.3) is 0 Å². The molecule has 0 radical (unpaired) electrons. The highest BCUT2D eigenvalue weighted by molar-refractivity contribution is 5.92. The van der Waals surface area contributed by atoms with Crippen LogP contribution in [0.25, 0.3) is 0 Å². The highest BCUT2D eigenvalue weighted by Crippen LogP contribution is 2.09. The average Bonchev–Trinajstić information content (AvgIpc) is 2.77. The molecule has 0 N–H and O–H groups in total. The lowest BCUT2D eigenvalue weighted by atomic mass is 10.3. The molecule has 4 heteroatoms. The average molecular weight is 230 g/mol. The number of aryl methyl sites for hydroxylation is 1. The van der Waals surface area contributed by atoms with Crippen LogP contribution in [0.5, 0.6) is 5.75 Å². The molecule has 1 heterocycles. The van der Waals surface area contributed by atoms with Crippen LogP contribution < -0.4 is 4.74 Å². The standard InChI is InChI=1S/C13H14N2O2/c1-15-9-8-14-13(15)12(16)7-10-17-11-5-3-2-4-6-11/h2-6,8-9H,7,10H2,1H3. The van der Waals surface area contributed by atoms with Gasteiger partial charge in [0.15, 0.2) is 5.82 Å². The summed E-state index contributed by atoms with van der Waals surface area (Å²) in [6.45, 7) is 0.371. The number of nitrogens with zero attached hydrogens (tertiary/aromatic N) is 2. The Labute approximate surface area is 99.9 Å². The fourth-order valence-electron chi connectivity index (χ4n) is 1.52. The molecule has 0 aliphatic carbocycles. The van der Waals surface area contributed by atoms with Crippen LogP contribution in [-0.2, 0) is 7.05 Å². The van der Waals surface area contributed by atoms with Crippen molar-refractivity contribution in [2.45, 2.75) is 6.42 Å². The third-order valence-electron chi connectivity index (χ3n) is 2.41. The largest absolute Gasteiger partial charge is 0.493 e. The topological polar surface area (TPSA) is 44.1 Å². The van der Waals surface area contributed by atoms with Gasteiger partial charge in [0.2, 0.25) is 5.78 Å². The third-order valence-corrected chi connectivity index (χ3v) is 2.41. The van der Waals surface area contributed by atoms with Crippen molar-refractivity contribution in [1.82, 2.24) is 9.55 Å². The summed E-state index contributed by atoms with van der Waals surface area (Å²) in [5.41, 5.74) is 0. The molecule has 17 heavy (non-hydrogen) atoms. The van der Waals surface area contributed by atoms with E-state index in [0.717, 1.165) is 5.75 Å². The maximum Gasteiger partial charge on any atom is 0.201 e. The minimum Gasteiger partial charge on any atom is -0.493 e.